The van der Waals surface area contributed by atoms with Crippen molar-refractivity contribution in [1.29, 1.82) is 0 Å². The molecule has 1 aromatic rings. The van der Waals surface area contributed by atoms with Gasteiger partial charge in [-0.1, -0.05) is 6.08 Å². The SMILES string of the molecule is C=CCCC(=O)Nc1nc(OC)n[nH]1. The van der Waals surface area contributed by atoms with Crippen LogP contribution in [0.15, 0.2) is 12.7 Å². The molecule has 0 spiro atoms. The Bertz CT molecular complexity index is 321. The van der Waals surface area contributed by atoms with Crippen molar-refractivity contribution in [3.05, 3.63) is 12.7 Å². The summed E-state index contributed by atoms with van der Waals surface area (Å²) in [4.78, 5) is 15.0. The van der Waals surface area contributed by atoms with Crippen LogP contribution in [-0.2, 0) is 4.79 Å². The van der Waals surface area contributed by atoms with E-state index in [0.717, 1.165) is 0 Å². The van der Waals surface area contributed by atoms with Crippen LogP contribution < -0.4 is 10.1 Å². The average molecular weight is 196 g/mol. The lowest BCUT2D eigenvalue weighted by atomic mass is 10.3. The van der Waals surface area contributed by atoms with E-state index < -0.39 is 0 Å². The molecule has 0 aliphatic rings. The molecule has 6 nitrogen and oxygen atoms in total. The summed E-state index contributed by atoms with van der Waals surface area (Å²) in [6, 6.07) is 0.198. The number of nitrogens with zero attached hydrogens (tertiary/aromatic N) is 2. The van der Waals surface area contributed by atoms with Crippen LogP contribution in [0.3, 0.4) is 0 Å². The topological polar surface area (TPSA) is 79.9 Å². The Balaban J connectivity index is 2.43. The Labute approximate surface area is 81.4 Å². The molecule has 1 rings (SSSR count). The van der Waals surface area contributed by atoms with E-state index in [0.29, 0.717) is 12.8 Å². The summed E-state index contributed by atoms with van der Waals surface area (Å²) in [6.07, 6.45) is 2.70. The van der Waals surface area contributed by atoms with Crippen molar-refractivity contribution in [2.45, 2.75) is 12.8 Å². The molecule has 14 heavy (non-hydrogen) atoms. The van der Waals surface area contributed by atoms with E-state index in [2.05, 4.69) is 27.1 Å². The number of H-pyrrole nitrogens is 1. The lowest BCUT2D eigenvalue weighted by Crippen LogP contribution is -2.11. The number of aromatic amines is 1. The quantitative estimate of drug-likeness (QED) is 0.680. The molecule has 0 bridgehead atoms. The third-order valence-corrected chi connectivity index (χ3v) is 1.48. The fourth-order valence-electron chi connectivity index (χ4n) is 0.821. The molecule has 0 saturated heterocycles. The maximum atomic E-state index is 11.2. The third kappa shape index (κ3) is 2.89. The standard InChI is InChI=1S/C8H12N4O2/c1-3-4-5-6(13)9-7-10-8(14-2)12-11-7/h3H,1,4-5H2,2H3,(H2,9,10,11,12,13). The molecule has 0 unspecified atom stereocenters. The van der Waals surface area contributed by atoms with Gasteiger partial charge < -0.3 is 4.74 Å². The highest BCUT2D eigenvalue weighted by molar-refractivity contribution is 5.88. The Kier molecular flexibility index (Phi) is 3.66. The molecular weight excluding hydrogens is 184 g/mol. The van der Waals surface area contributed by atoms with Gasteiger partial charge in [0.2, 0.25) is 11.9 Å². The highest BCUT2D eigenvalue weighted by Gasteiger charge is 2.05. The van der Waals surface area contributed by atoms with Crippen molar-refractivity contribution in [1.82, 2.24) is 15.2 Å². The van der Waals surface area contributed by atoms with Crippen molar-refractivity contribution >= 4 is 11.9 Å². The first-order valence-corrected chi connectivity index (χ1v) is 4.13. The van der Waals surface area contributed by atoms with Crippen LogP contribution in [0, 0.1) is 0 Å². The van der Waals surface area contributed by atoms with Crippen LogP contribution >= 0.6 is 0 Å². The molecule has 0 atom stereocenters. The van der Waals surface area contributed by atoms with Crippen molar-refractivity contribution < 1.29 is 9.53 Å². The molecule has 2 N–H and O–H groups in total. The van der Waals surface area contributed by atoms with Crippen LogP contribution in [0.1, 0.15) is 12.8 Å². The average Bonchev–Trinajstić information content (AvgIpc) is 2.62. The zero-order chi connectivity index (χ0) is 10.4. The molecule has 0 aliphatic heterocycles. The van der Waals surface area contributed by atoms with Gasteiger partial charge in [0.15, 0.2) is 0 Å². The number of hydrogen-bond acceptors (Lipinski definition) is 4. The van der Waals surface area contributed by atoms with Crippen LogP contribution in [0.5, 0.6) is 6.01 Å². The molecule has 76 valence electrons. The van der Waals surface area contributed by atoms with Crippen molar-refractivity contribution in [3.8, 4) is 6.01 Å². The number of carbonyl (C=O) groups excluding carboxylic acids is 1. The molecule has 0 fully saturated rings. The molecular formula is C8H12N4O2. The predicted molar refractivity (Wildman–Crippen MR) is 51.0 cm³/mol. The van der Waals surface area contributed by atoms with Gasteiger partial charge in [0.1, 0.15) is 0 Å². The van der Waals surface area contributed by atoms with Crippen LogP contribution in [-0.4, -0.2) is 28.2 Å². The van der Waals surface area contributed by atoms with E-state index in [1.807, 2.05) is 0 Å². The van der Waals surface area contributed by atoms with E-state index in [1.165, 1.54) is 7.11 Å². The maximum absolute atomic E-state index is 11.2. The maximum Gasteiger partial charge on any atom is 0.336 e. The largest absolute Gasteiger partial charge is 0.466 e. The van der Waals surface area contributed by atoms with Gasteiger partial charge in [-0.15, -0.1) is 11.7 Å². The molecule has 1 heterocycles. The number of anilines is 1. The molecule has 0 aliphatic carbocycles. The summed E-state index contributed by atoms with van der Waals surface area (Å²) >= 11 is 0. The fraction of sp³-hybridized carbons (Fsp3) is 0.375. The fourth-order valence-corrected chi connectivity index (χ4v) is 0.821. The van der Waals surface area contributed by atoms with E-state index >= 15 is 0 Å². The number of carbonyl (C=O) groups is 1. The first-order valence-electron chi connectivity index (χ1n) is 4.13. The number of nitrogens with one attached hydrogen (secondary N) is 2. The van der Waals surface area contributed by atoms with Gasteiger partial charge in [-0.25, -0.2) is 5.10 Å². The Hall–Kier alpha value is -1.85. The molecule has 0 saturated carbocycles. The van der Waals surface area contributed by atoms with E-state index in [4.69, 9.17) is 4.74 Å². The second-order valence-electron chi connectivity index (χ2n) is 2.55. The van der Waals surface area contributed by atoms with Crippen molar-refractivity contribution in [2.24, 2.45) is 0 Å². The number of aromatic nitrogens is 3. The molecule has 0 radical (unpaired) electrons. The lowest BCUT2D eigenvalue weighted by molar-refractivity contribution is -0.116. The number of hydrogen-bond donors (Lipinski definition) is 2. The number of ether oxygens (including phenoxy) is 1. The van der Waals surface area contributed by atoms with Crippen LogP contribution in [0.4, 0.5) is 5.95 Å². The van der Waals surface area contributed by atoms with Gasteiger partial charge in [-0.05, 0) is 6.42 Å². The van der Waals surface area contributed by atoms with E-state index in [-0.39, 0.29) is 17.9 Å². The van der Waals surface area contributed by atoms with Crippen molar-refractivity contribution in [2.75, 3.05) is 12.4 Å². The minimum Gasteiger partial charge on any atom is -0.466 e. The zero-order valence-electron chi connectivity index (χ0n) is 7.91. The monoisotopic (exact) mass is 196 g/mol. The van der Waals surface area contributed by atoms with E-state index in [1.54, 1.807) is 6.08 Å². The lowest BCUT2D eigenvalue weighted by Gasteiger charge is -1.97. The molecule has 1 amide bonds. The highest BCUT2D eigenvalue weighted by Crippen LogP contribution is 2.05. The number of methoxy groups -OCH3 is 1. The summed E-state index contributed by atoms with van der Waals surface area (Å²) < 4.78 is 4.74. The number of rotatable bonds is 5. The summed E-state index contributed by atoms with van der Waals surface area (Å²) in [5.74, 6) is 0.152. The minimum absolute atomic E-state index is 0.135. The van der Waals surface area contributed by atoms with Gasteiger partial charge in [-0.2, -0.15) is 4.98 Å². The van der Waals surface area contributed by atoms with Gasteiger partial charge in [0.25, 0.3) is 0 Å². The number of allylic oxidation sites excluding steroid dienone is 1. The Morgan fingerprint density at radius 3 is 3.14 bits per heavy atom. The first-order chi connectivity index (χ1) is 6.76. The zero-order valence-corrected chi connectivity index (χ0v) is 7.91. The molecule has 1 aromatic heterocycles. The normalized spacial score (nSPS) is 9.50. The molecule has 6 heteroatoms. The summed E-state index contributed by atoms with van der Waals surface area (Å²) in [5, 5.41) is 8.73. The summed E-state index contributed by atoms with van der Waals surface area (Å²) in [6.45, 7) is 3.52. The van der Waals surface area contributed by atoms with Crippen molar-refractivity contribution in [3.63, 3.8) is 0 Å². The van der Waals surface area contributed by atoms with Gasteiger partial charge in [-0.3, -0.25) is 10.1 Å². The van der Waals surface area contributed by atoms with Gasteiger partial charge in [0, 0.05) is 6.42 Å². The first kappa shape index (κ1) is 10.2. The highest BCUT2D eigenvalue weighted by atomic mass is 16.5. The second-order valence-corrected chi connectivity index (χ2v) is 2.55. The minimum atomic E-state index is -0.135. The third-order valence-electron chi connectivity index (χ3n) is 1.48. The Morgan fingerprint density at radius 2 is 2.57 bits per heavy atom. The van der Waals surface area contributed by atoms with E-state index in [9.17, 15) is 4.79 Å². The molecule has 0 aromatic carbocycles. The smallest absolute Gasteiger partial charge is 0.336 e. The van der Waals surface area contributed by atoms with Crippen LogP contribution in [0.25, 0.3) is 0 Å². The van der Waals surface area contributed by atoms with Gasteiger partial charge in [0.05, 0.1) is 7.11 Å². The van der Waals surface area contributed by atoms with Gasteiger partial charge >= 0.3 is 6.01 Å². The summed E-state index contributed by atoms with van der Waals surface area (Å²) in [7, 11) is 1.45. The Morgan fingerprint density at radius 1 is 1.79 bits per heavy atom. The number of amides is 1. The second kappa shape index (κ2) is 5.00. The van der Waals surface area contributed by atoms with Crippen LogP contribution in [0.2, 0.25) is 0 Å². The predicted octanol–water partition coefficient (Wildman–Crippen LogP) is 0.718. The summed E-state index contributed by atoms with van der Waals surface area (Å²) in [5.41, 5.74) is 0.